The van der Waals surface area contributed by atoms with Gasteiger partial charge in [-0.3, -0.25) is 47.9 Å². The summed E-state index contributed by atoms with van der Waals surface area (Å²) in [6.07, 6.45) is 3.29. The summed E-state index contributed by atoms with van der Waals surface area (Å²) in [6, 6.07) is 30.6. The van der Waals surface area contributed by atoms with Gasteiger partial charge in [0.15, 0.2) is 13.2 Å². The molecular formula is C61H50N10O16. The van der Waals surface area contributed by atoms with E-state index in [2.05, 4.69) is 36.0 Å². The fourth-order valence-corrected chi connectivity index (χ4v) is 9.85. The second-order valence-corrected chi connectivity index (χ2v) is 19.6. The number of carbonyl (C=O) groups excluding carboxylic acids is 7. The highest BCUT2D eigenvalue weighted by Gasteiger charge is 2.27. The summed E-state index contributed by atoms with van der Waals surface area (Å²) in [6.45, 7) is 1.02. The Hall–Kier alpha value is -12.0. The monoisotopic (exact) mass is 1180 g/mol. The Morgan fingerprint density at radius 3 is 1.38 bits per heavy atom. The van der Waals surface area contributed by atoms with Gasteiger partial charge in [0.25, 0.3) is 34.7 Å². The molecule has 6 heterocycles. The average Bonchev–Trinajstić information content (AvgIpc) is 1.83. The van der Waals surface area contributed by atoms with Crippen LogP contribution in [0.1, 0.15) is 63.9 Å². The third kappa shape index (κ3) is 12.0. The molecule has 0 aliphatic heterocycles. The number of hydrogen-bond acceptors (Lipinski definition) is 15. The molecule has 0 fully saturated rings. The Bertz CT molecular complexity index is 4790. The predicted octanol–water partition coefficient (Wildman–Crippen LogP) is 3.73. The van der Waals surface area contributed by atoms with Crippen LogP contribution in [0.25, 0.3) is 32.8 Å². The second kappa shape index (κ2) is 24.5. The fraction of sp³-hybridized carbons (Fsp3) is 0.148. The Balaban J connectivity index is 0.701. The number of ether oxygens (including phenoxy) is 3. The van der Waals surface area contributed by atoms with Crippen LogP contribution in [0.5, 0.6) is 11.5 Å². The molecular weight excluding hydrogens is 1130 g/mol. The van der Waals surface area contributed by atoms with Crippen LogP contribution in [-0.2, 0) is 37.0 Å². The number of nitrogens with zero attached hydrogens (tertiary/aromatic N) is 4. The molecule has 0 unspecified atom stereocenters. The topological polar surface area (TPSA) is 351 Å². The molecule has 10 rings (SSSR count). The smallest absolute Gasteiger partial charge is 0.329 e. The van der Waals surface area contributed by atoms with Gasteiger partial charge in [-0.05, 0) is 98.8 Å². The number of rotatable bonds is 21. The van der Waals surface area contributed by atoms with Crippen LogP contribution in [-0.4, -0.2) is 114 Å². The molecule has 0 saturated carbocycles. The molecule has 6 aromatic heterocycles. The van der Waals surface area contributed by atoms with Crippen molar-refractivity contribution in [1.29, 1.82) is 0 Å². The van der Waals surface area contributed by atoms with Crippen LogP contribution in [0.3, 0.4) is 0 Å². The lowest BCUT2D eigenvalue weighted by atomic mass is 10.0. The van der Waals surface area contributed by atoms with Crippen molar-refractivity contribution in [3.63, 3.8) is 0 Å². The van der Waals surface area contributed by atoms with Crippen molar-refractivity contribution in [3.05, 3.63) is 220 Å². The van der Waals surface area contributed by atoms with Gasteiger partial charge in [-0.15, -0.1) is 0 Å². The maximum atomic E-state index is 14.2. The molecule has 0 atom stereocenters. The Kier molecular flexibility index (Phi) is 16.4. The molecule has 0 bridgehead atoms. The van der Waals surface area contributed by atoms with Crippen molar-refractivity contribution >= 4 is 91.3 Å². The molecule has 0 radical (unpaired) electrons. The van der Waals surface area contributed by atoms with E-state index in [0.717, 1.165) is 7.11 Å². The molecule has 7 N–H and O–H groups in total. The van der Waals surface area contributed by atoms with Crippen LogP contribution in [0.2, 0.25) is 0 Å². The first-order valence-corrected chi connectivity index (χ1v) is 26.5. The van der Waals surface area contributed by atoms with Crippen LogP contribution in [0.15, 0.2) is 153 Å². The number of amides is 4. The lowest BCUT2D eigenvalue weighted by Crippen LogP contribution is -2.38. The summed E-state index contributed by atoms with van der Waals surface area (Å²) in [4.78, 5) is 161. The van der Waals surface area contributed by atoms with Gasteiger partial charge in [0.1, 0.15) is 24.6 Å². The summed E-state index contributed by atoms with van der Waals surface area (Å²) in [5, 5.41) is 20.2. The number of aromatic amines is 2. The van der Waals surface area contributed by atoms with E-state index in [1.807, 2.05) is 0 Å². The molecule has 26 nitrogen and oxygen atoms in total. The number of pyridine rings is 2. The minimum atomic E-state index is -1.38. The van der Waals surface area contributed by atoms with E-state index >= 15 is 0 Å². The van der Waals surface area contributed by atoms with E-state index in [-0.39, 0.29) is 80.0 Å². The number of methoxy groups -OCH3 is 1. The maximum absolute atomic E-state index is 14.2. The number of fused-ring (bicyclic) bond motifs is 4. The first kappa shape index (κ1) is 58.2. The second-order valence-electron chi connectivity index (χ2n) is 19.6. The zero-order valence-electron chi connectivity index (χ0n) is 46.3. The largest absolute Gasteiger partial charge is 0.484 e. The van der Waals surface area contributed by atoms with Crippen molar-refractivity contribution in [2.45, 2.75) is 26.9 Å². The average molecular weight is 1180 g/mol. The third-order valence-electron chi connectivity index (χ3n) is 14.1. The minimum absolute atomic E-state index is 0.000574. The van der Waals surface area contributed by atoms with Gasteiger partial charge in [0.05, 0.1) is 62.7 Å². The minimum Gasteiger partial charge on any atom is -0.484 e. The molecule has 26 heteroatoms. The summed E-state index contributed by atoms with van der Waals surface area (Å²) in [5.74, 6) is -4.97. The number of aromatic nitrogens is 6. The van der Waals surface area contributed by atoms with Crippen molar-refractivity contribution in [3.8, 4) is 11.5 Å². The highest BCUT2D eigenvalue weighted by molar-refractivity contribution is 6.16. The Morgan fingerprint density at radius 1 is 0.517 bits per heavy atom. The number of anilines is 2. The third-order valence-corrected chi connectivity index (χ3v) is 14.1. The number of ketones is 2. The van der Waals surface area contributed by atoms with E-state index in [1.54, 1.807) is 95.7 Å². The van der Waals surface area contributed by atoms with Crippen LogP contribution < -0.4 is 53.2 Å². The normalized spacial score (nSPS) is 11.1. The fourth-order valence-electron chi connectivity index (χ4n) is 9.85. The standard InChI is InChI=1S/C61H50N10O16/c1-32-50(44-14-4-6-22-68(44)52(32)54(77)34-16-18-40-42(26-34)64-60(83)70(58(40)81)28-48(74)75)66-56(79)36-10-8-12-38(24-36)86-30-46(72)62-20-21-63-47(73)31-87-39-13-9-11-37(25-39)57(80)67-51-33(2)53(69-23-7-5-15-45(51)69)55(78)35-17-19-41-43(27-35)65-61(84)71(59(41)82)29-49(76)85-3/h4-19,22-27H,20-21,28-31H2,1-3H3,(H,62,72)(H,63,73)(H,64,83)(H,65,84)(H,66,79)(H,67,80)(H,74,75). The highest BCUT2D eigenvalue weighted by Crippen LogP contribution is 2.33. The number of carboxylic acid groups (broad SMARTS) is 1. The summed E-state index contributed by atoms with van der Waals surface area (Å²) >= 11 is 0. The highest BCUT2D eigenvalue weighted by atomic mass is 16.5. The number of benzene rings is 4. The lowest BCUT2D eigenvalue weighted by molar-refractivity contribution is -0.141. The molecule has 0 saturated heterocycles. The van der Waals surface area contributed by atoms with Gasteiger partial charge >= 0.3 is 23.3 Å². The molecule has 4 amide bonds. The number of carbonyl (C=O) groups is 8. The predicted molar refractivity (Wildman–Crippen MR) is 314 cm³/mol. The van der Waals surface area contributed by atoms with E-state index < -0.39 is 95.9 Å². The summed E-state index contributed by atoms with van der Waals surface area (Å²) < 4.78 is 20.4. The molecule has 0 aliphatic carbocycles. The van der Waals surface area contributed by atoms with Gasteiger partial charge < -0.3 is 59.4 Å². The molecule has 4 aromatic carbocycles. The molecule has 87 heavy (non-hydrogen) atoms. The first-order valence-electron chi connectivity index (χ1n) is 26.5. The zero-order chi connectivity index (χ0) is 61.8. The van der Waals surface area contributed by atoms with Crippen molar-refractivity contribution in [2.75, 3.05) is 44.0 Å². The summed E-state index contributed by atoms with van der Waals surface area (Å²) in [7, 11) is 1.13. The van der Waals surface area contributed by atoms with E-state index in [1.165, 1.54) is 60.7 Å². The van der Waals surface area contributed by atoms with Crippen LogP contribution >= 0.6 is 0 Å². The van der Waals surface area contributed by atoms with Gasteiger partial charge in [-0.25, -0.2) is 18.7 Å². The maximum Gasteiger partial charge on any atom is 0.329 e. The molecule has 440 valence electrons. The van der Waals surface area contributed by atoms with Gasteiger partial charge in [-0.1, -0.05) is 36.4 Å². The molecule has 10 aromatic rings. The Morgan fingerprint density at radius 2 is 0.954 bits per heavy atom. The number of aliphatic carboxylic acids is 1. The summed E-state index contributed by atoms with van der Waals surface area (Å²) in [5.41, 5.74) is 0.0647. The van der Waals surface area contributed by atoms with Gasteiger partial charge in [0, 0.05) is 58.9 Å². The zero-order valence-corrected chi connectivity index (χ0v) is 46.3. The SMILES string of the molecule is COC(=O)Cn1c(=O)[nH]c2cc(C(=O)c3c(C)c(NC(=O)c4cccc(OCC(=O)NCCNC(=O)COc5cccc(C(=O)Nc6c(C)c(C(=O)c7ccc8c(=O)n(CC(=O)O)c(=O)[nH]c8c7)n7ccccc67)c5)c4)c4ccccn34)ccc2c1=O. The van der Waals surface area contributed by atoms with Crippen molar-refractivity contribution in [1.82, 2.24) is 38.5 Å². The first-order chi connectivity index (χ1) is 41.8. The Labute approximate surface area is 488 Å². The number of esters is 1. The van der Waals surface area contributed by atoms with Crippen LogP contribution in [0, 0.1) is 13.8 Å². The van der Waals surface area contributed by atoms with E-state index in [9.17, 15) is 57.5 Å². The van der Waals surface area contributed by atoms with E-state index in [0.29, 0.717) is 42.7 Å². The van der Waals surface area contributed by atoms with Crippen molar-refractivity contribution in [2.24, 2.45) is 0 Å². The molecule has 0 spiro atoms. The molecule has 0 aliphatic rings. The number of hydrogen-bond donors (Lipinski definition) is 7. The quantitative estimate of drug-likeness (QED) is 0.0306. The number of carboxylic acids is 1. The number of nitrogens with one attached hydrogen (secondary N) is 6. The van der Waals surface area contributed by atoms with Gasteiger partial charge in [-0.2, -0.15) is 0 Å². The lowest BCUT2D eigenvalue weighted by Gasteiger charge is -2.11. The van der Waals surface area contributed by atoms with Crippen LogP contribution in [0.4, 0.5) is 11.4 Å². The number of H-pyrrole nitrogens is 2. The van der Waals surface area contributed by atoms with Gasteiger partial charge in [0.2, 0.25) is 11.6 Å². The van der Waals surface area contributed by atoms with E-state index in [4.69, 9.17) is 14.6 Å². The van der Waals surface area contributed by atoms with Crippen molar-refractivity contribution < 1.29 is 57.7 Å².